The summed E-state index contributed by atoms with van der Waals surface area (Å²) >= 11 is 0. The fraction of sp³-hybridized carbons (Fsp3) is 0.562. The molecular formula is C16H27N3O4S. The lowest BCUT2D eigenvalue weighted by molar-refractivity contribution is 0.237. The van der Waals surface area contributed by atoms with E-state index in [9.17, 15) is 13.2 Å². The standard InChI is InChI=1S/C16H27N3O4S/c1-13(2)18-16(20)17-10-12-19(24(4,21)22)11-9-14-7-5-6-8-15(14)23-3/h5-8,13H,9-12H2,1-4H3,(H2,17,18,20). The van der Waals surface area contributed by atoms with Crippen LogP contribution in [0.2, 0.25) is 0 Å². The molecule has 0 aromatic heterocycles. The number of para-hydroxylation sites is 1. The Hall–Kier alpha value is -1.80. The molecule has 7 nitrogen and oxygen atoms in total. The van der Waals surface area contributed by atoms with Crippen molar-refractivity contribution < 1.29 is 17.9 Å². The van der Waals surface area contributed by atoms with E-state index in [1.165, 1.54) is 10.6 Å². The van der Waals surface area contributed by atoms with Gasteiger partial charge in [-0.2, -0.15) is 0 Å². The fourth-order valence-corrected chi connectivity index (χ4v) is 3.05. The normalized spacial score (nSPS) is 11.6. The number of ether oxygens (including phenoxy) is 1. The number of hydrogen-bond donors (Lipinski definition) is 2. The number of benzene rings is 1. The van der Waals surface area contributed by atoms with E-state index in [1.54, 1.807) is 7.11 Å². The molecule has 0 fully saturated rings. The summed E-state index contributed by atoms with van der Waals surface area (Å²) in [5.41, 5.74) is 0.944. The van der Waals surface area contributed by atoms with Crippen molar-refractivity contribution in [3.8, 4) is 5.75 Å². The highest BCUT2D eigenvalue weighted by Gasteiger charge is 2.17. The first-order valence-electron chi connectivity index (χ1n) is 7.85. The molecule has 0 heterocycles. The molecule has 0 atom stereocenters. The number of urea groups is 1. The average Bonchev–Trinajstić information content (AvgIpc) is 2.49. The molecule has 0 aliphatic heterocycles. The molecule has 0 unspecified atom stereocenters. The van der Waals surface area contributed by atoms with Crippen LogP contribution in [0.4, 0.5) is 4.79 Å². The van der Waals surface area contributed by atoms with Gasteiger partial charge in [0, 0.05) is 25.7 Å². The number of sulfonamides is 1. The number of amides is 2. The summed E-state index contributed by atoms with van der Waals surface area (Å²) < 4.78 is 30.5. The Morgan fingerprint density at radius 3 is 2.50 bits per heavy atom. The minimum absolute atomic E-state index is 0.0292. The molecule has 0 spiro atoms. The molecule has 0 aliphatic carbocycles. The van der Waals surface area contributed by atoms with Crippen LogP contribution in [0.5, 0.6) is 5.75 Å². The summed E-state index contributed by atoms with van der Waals surface area (Å²) in [6.07, 6.45) is 1.71. The van der Waals surface area contributed by atoms with E-state index >= 15 is 0 Å². The second-order valence-electron chi connectivity index (χ2n) is 5.78. The largest absolute Gasteiger partial charge is 0.496 e. The predicted molar refractivity (Wildman–Crippen MR) is 94.8 cm³/mol. The van der Waals surface area contributed by atoms with Crippen LogP contribution in [-0.4, -0.2) is 57.8 Å². The van der Waals surface area contributed by atoms with Gasteiger partial charge >= 0.3 is 6.03 Å². The summed E-state index contributed by atoms with van der Waals surface area (Å²) in [6, 6.07) is 7.24. The molecule has 2 amide bonds. The van der Waals surface area contributed by atoms with Crippen LogP contribution in [0.3, 0.4) is 0 Å². The van der Waals surface area contributed by atoms with E-state index in [0.717, 1.165) is 11.3 Å². The van der Waals surface area contributed by atoms with Gasteiger partial charge in [-0.25, -0.2) is 17.5 Å². The van der Waals surface area contributed by atoms with Gasteiger partial charge in [-0.3, -0.25) is 0 Å². The third-order valence-electron chi connectivity index (χ3n) is 3.36. The summed E-state index contributed by atoms with van der Waals surface area (Å²) in [5, 5.41) is 5.35. The van der Waals surface area contributed by atoms with Crippen molar-refractivity contribution in [2.45, 2.75) is 26.3 Å². The number of methoxy groups -OCH3 is 1. The van der Waals surface area contributed by atoms with Crippen LogP contribution in [-0.2, 0) is 16.4 Å². The number of carbonyl (C=O) groups is 1. The van der Waals surface area contributed by atoms with Crippen LogP contribution in [0, 0.1) is 0 Å². The Kier molecular flexibility index (Phi) is 8.00. The second-order valence-corrected chi connectivity index (χ2v) is 7.76. The van der Waals surface area contributed by atoms with Crippen molar-refractivity contribution in [2.75, 3.05) is 33.0 Å². The van der Waals surface area contributed by atoms with Crippen molar-refractivity contribution in [1.29, 1.82) is 0 Å². The Morgan fingerprint density at radius 2 is 1.92 bits per heavy atom. The first-order chi connectivity index (χ1) is 11.2. The van der Waals surface area contributed by atoms with Crippen molar-refractivity contribution in [3.63, 3.8) is 0 Å². The van der Waals surface area contributed by atoms with Crippen LogP contribution in [0.15, 0.2) is 24.3 Å². The Morgan fingerprint density at radius 1 is 1.25 bits per heavy atom. The maximum absolute atomic E-state index is 11.9. The third-order valence-corrected chi connectivity index (χ3v) is 4.66. The molecule has 136 valence electrons. The molecule has 2 N–H and O–H groups in total. The Labute approximate surface area is 144 Å². The van der Waals surface area contributed by atoms with Gasteiger partial charge in [0.25, 0.3) is 0 Å². The molecule has 0 saturated heterocycles. The second kappa shape index (κ2) is 9.48. The van der Waals surface area contributed by atoms with E-state index in [-0.39, 0.29) is 25.2 Å². The van der Waals surface area contributed by atoms with Crippen molar-refractivity contribution in [3.05, 3.63) is 29.8 Å². The van der Waals surface area contributed by atoms with Crippen molar-refractivity contribution >= 4 is 16.1 Å². The van der Waals surface area contributed by atoms with E-state index in [2.05, 4.69) is 10.6 Å². The van der Waals surface area contributed by atoms with Gasteiger partial charge < -0.3 is 15.4 Å². The monoisotopic (exact) mass is 357 g/mol. The molecule has 0 bridgehead atoms. The lowest BCUT2D eigenvalue weighted by Crippen LogP contribution is -2.44. The smallest absolute Gasteiger partial charge is 0.315 e. The highest BCUT2D eigenvalue weighted by molar-refractivity contribution is 7.88. The first-order valence-corrected chi connectivity index (χ1v) is 9.70. The van der Waals surface area contributed by atoms with Gasteiger partial charge in [0.1, 0.15) is 5.75 Å². The third kappa shape index (κ3) is 7.18. The highest BCUT2D eigenvalue weighted by Crippen LogP contribution is 2.18. The van der Waals surface area contributed by atoms with Crippen molar-refractivity contribution in [1.82, 2.24) is 14.9 Å². The summed E-state index contributed by atoms with van der Waals surface area (Å²) in [7, 11) is -1.77. The lowest BCUT2D eigenvalue weighted by atomic mass is 10.1. The number of nitrogens with one attached hydrogen (secondary N) is 2. The van der Waals surface area contributed by atoms with E-state index in [0.29, 0.717) is 13.0 Å². The van der Waals surface area contributed by atoms with Crippen LogP contribution in [0.25, 0.3) is 0 Å². The SMILES string of the molecule is COc1ccccc1CCN(CCNC(=O)NC(C)C)S(C)(=O)=O. The summed E-state index contributed by atoms with van der Waals surface area (Å²) in [4.78, 5) is 11.5. The number of hydrogen-bond acceptors (Lipinski definition) is 4. The molecule has 0 saturated carbocycles. The molecular weight excluding hydrogens is 330 g/mol. The Balaban J connectivity index is 2.59. The minimum atomic E-state index is -3.35. The molecule has 1 aromatic rings. The van der Waals surface area contributed by atoms with E-state index in [4.69, 9.17) is 4.74 Å². The molecule has 8 heteroatoms. The van der Waals surface area contributed by atoms with Gasteiger partial charge in [-0.15, -0.1) is 0 Å². The van der Waals surface area contributed by atoms with Gasteiger partial charge in [0.15, 0.2) is 0 Å². The number of rotatable bonds is 9. The van der Waals surface area contributed by atoms with Gasteiger partial charge in [-0.05, 0) is 31.9 Å². The zero-order chi connectivity index (χ0) is 18.2. The summed E-state index contributed by atoms with van der Waals surface area (Å²) in [6.45, 7) is 4.51. The number of carbonyl (C=O) groups excluding carboxylic acids is 1. The zero-order valence-electron chi connectivity index (χ0n) is 14.7. The van der Waals surface area contributed by atoms with E-state index < -0.39 is 10.0 Å². The van der Waals surface area contributed by atoms with Gasteiger partial charge in [0.05, 0.1) is 13.4 Å². The van der Waals surface area contributed by atoms with Gasteiger partial charge in [0.2, 0.25) is 10.0 Å². The maximum atomic E-state index is 11.9. The molecule has 1 rings (SSSR count). The lowest BCUT2D eigenvalue weighted by Gasteiger charge is -2.21. The predicted octanol–water partition coefficient (Wildman–Crippen LogP) is 1.21. The zero-order valence-corrected chi connectivity index (χ0v) is 15.5. The van der Waals surface area contributed by atoms with Crippen LogP contribution in [0.1, 0.15) is 19.4 Å². The van der Waals surface area contributed by atoms with Crippen LogP contribution < -0.4 is 15.4 Å². The average molecular weight is 357 g/mol. The first kappa shape index (κ1) is 20.2. The van der Waals surface area contributed by atoms with Gasteiger partial charge in [-0.1, -0.05) is 18.2 Å². The maximum Gasteiger partial charge on any atom is 0.315 e. The minimum Gasteiger partial charge on any atom is -0.496 e. The summed E-state index contributed by atoms with van der Waals surface area (Å²) in [5.74, 6) is 0.736. The highest BCUT2D eigenvalue weighted by atomic mass is 32.2. The van der Waals surface area contributed by atoms with Crippen molar-refractivity contribution in [2.24, 2.45) is 0 Å². The molecule has 24 heavy (non-hydrogen) atoms. The fourth-order valence-electron chi connectivity index (χ4n) is 2.21. The van der Waals surface area contributed by atoms with E-state index in [1.807, 2.05) is 38.1 Å². The number of nitrogens with zero attached hydrogens (tertiary/aromatic N) is 1. The molecule has 0 aliphatic rings. The van der Waals surface area contributed by atoms with Crippen LogP contribution >= 0.6 is 0 Å². The topological polar surface area (TPSA) is 87.7 Å². The quantitative estimate of drug-likeness (QED) is 0.695. The Bertz CT molecular complexity index is 632. The molecule has 1 aromatic carbocycles. The molecule has 0 radical (unpaired) electrons.